The Hall–Kier alpha value is -0.610. The van der Waals surface area contributed by atoms with Crippen molar-refractivity contribution in [3.8, 4) is 0 Å². The zero-order valence-electron chi connectivity index (χ0n) is 12.2. The van der Waals surface area contributed by atoms with E-state index in [1.807, 2.05) is 0 Å². The van der Waals surface area contributed by atoms with Gasteiger partial charge in [0.1, 0.15) is 5.54 Å². The molecule has 0 heterocycles. The van der Waals surface area contributed by atoms with Gasteiger partial charge in [-0.05, 0) is 47.2 Å². The fraction of sp³-hybridized carbons (Fsp3) is 0.929. The van der Waals surface area contributed by atoms with Crippen molar-refractivity contribution >= 4 is 5.97 Å². The van der Waals surface area contributed by atoms with Gasteiger partial charge < -0.3 is 15.3 Å². The van der Waals surface area contributed by atoms with Crippen molar-refractivity contribution in [2.24, 2.45) is 0 Å². The Bertz CT molecular complexity index is 277. The van der Waals surface area contributed by atoms with Gasteiger partial charge in [0.25, 0.3) is 0 Å². The Morgan fingerprint density at radius 3 is 2.44 bits per heavy atom. The minimum Gasteiger partial charge on any atom is -0.480 e. The fourth-order valence-corrected chi connectivity index (χ4v) is 2.88. The van der Waals surface area contributed by atoms with Crippen LogP contribution in [0.2, 0.25) is 0 Å². The van der Waals surface area contributed by atoms with Crippen LogP contribution in [-0.4, -0.2) is 47.7 Å². The molecule has 0 aromatic rings. The predicted molar refractivity (Wildman–Crippen MR) is 73.8 cm³/mol. The lowest BCUT2D eigenvalue weighted by molar-refractivity contribution is -0.144. The van der Waals surface area contributed by atoms with Gasteiger partial charge in [0.15, 0.2) is 0 Å². The topological polar surface area (TPSA) is 52.6 Å². The van der Waals surface area contributed by atoms with Crippen molar-refractivity contribution < 1.29 is 9.90 Å². The van der Waals surface area contributed by atoms with Gasteiger partial charge in [0.05, 0.1) is 0 Å². The van der Waals surface area contributed by atoms with Gasteiger partial charge in [0.2, 0.25) is 0 Å². The zero-order valence-corrected chi connectivity index (χ0v) is 12.2. The molecule has 0 radical (unpaired) electrons. The number of rotatable bonds is 6. The van der Waals surface area contributed by atoms with Gasteiger partial charge in [-0.3, -0.25) is 4.79 Å². The average molecular weight is 256 g/mol. The van der Waals surface area contributed by atoms with Crippen molar-refractivity contribution in [2.45, 2.75) is 70.0 Å². The molecule has 1 aliphatic carbocycles. The molecule has 1 fully saturated rings. The van der Waals surface area contributed by atoms with Crippen molar-refractivity contribution in [1.82, 2.24) is 10.2 Å². The Kier molecular flexibility index (Phi) is 5.60. The molecule has 1 rings (SSSR count). The molecule has 0 bridgehead atoms. The van der Waals surface area contributed by atoms with E-state index in [1.54, 1.807) is 14.0 Å². The van der Waals surface area contributed by atoms with Gasteiger partial charge >= 0.3 is 5.97 Å². The smallest absolute Gasteiger partial charge is 0.323 e. The van der Waals surface area contributed by atoms with Crippen molar-refractivity contribution in [1.29, 1.82) is 0 Å². The van der Waals surface area contributed by atoms with Crippen molar-refractivity contribution in [3.63, 3.8) is 0 Å². The minimum absolute atomic E-state index is 0.279. The highest BCUT2D eigenvalue weighted by Gasteiger charge is 2.35. The lowest BCUT2D eigenvalue weighted by Crippen LogP contribution is -2.53. The molecule has 1 saturated carbocycles. The maximum Gasteiger partial charge on any atom is 0.323 e. The Morgan fingerprint density at radius 1 is 1.44 bits per heavy atom. The maximum absolute atomic E-state index is 11.3. The molecule has 0 spiro atoms. The summed E-state index contributed by atoms with van der Waals surface area (Å²) in [5, 5.41) is 12.2. The molecule has 2 atom stereocenters. The maximum atomic E-state index is 11.3. The predicted octanol–water partition coefficient (Wildman–Crippen LogP) is 2.09. The number of hydrogen-bond acceptors (Lipinski definition) is 3. The first-order chi connectivity index (χ1) is 8.40. The summed E-state index contributed by atoms with van der Waals surface area (Å²) in [6.45, 7) is 3.90. The van der Waals surface area contributed by atoms with Crippen LogP contribution in [-0.2, 0) is 4.79 Å². The lowest BCUT2D eigenvalue weighted by Gasteiger charge is -2.38. The zero-order chi connectivity index (χ0) is 13.8. The monoisotopic (exact) mass is 256 g/mol. The Morgan fingerprint density at radius 2 is 2.00 bits per heavy atom. The van der Waals surface area contributed by atoms with Gasteiger partial charge in [-0.1, -0.05) is 19.3 Å². The number of likely N-dealkylation sites (N-methyl/N-ethyl adjacent to an activating group) is 1. The number of nitrogens with zero attached hydrogens (tertiary/aromatic N) is 1. The van der Waals surface area contributed by atoms with E-state index >= 15 is 0 Å². The van der Waals surface area contributed by atoms with Gasteiger partial charge in [0, 0.05) is 12.1 Å². The standard InChI is InChI=1S/C14H28N2O2/c1-11(10-14(2,15-3)13(17)18)16(4)12-8-6-5-7-9-12/h11-12,15H,5-10H2,1-4H3,(H,17,18). The highest BCUT2D eigenvalue weighted by molar-refractivity contribution is 5.78. The fourth-order valence-electron chi connectivity index (χ4n) is 2.88. The molecule has 4 nitrogen and oxygen atoms in total. The van der Waals surface area contributed by atoms with E-state index in [9.17, 15) is 9.90 Å². The summed E-state index contributed by atoms with van der Waals surface area (Å²) < 4.78 is 0. The molecule has 0 aliphatic heterocycles. The third-order valence-corrected chi connectivity index (χ3v) is 4.57. The summed E-state index contributed by atoms with van der Waals surface area (Å²) in [7, 11) is 3.86. The molecule has 2 N–H and O–H groups in total. The largest absolute Gasteiger partial charge is 0.480 e. The second kappa shape index (κ2) is 6.53. The second-order valence-electron chi connectivity index (χ2n) is 5.90. The highest BCUT2D eigenvalue weighted by Crippen LogP contribution is 2.25. The highest BCUT2D eigenvalue weighted by atomic mass is 16.4. The summed E-state index contributed by atoms with van der Waals surface area (Å²) in [6, 6.07) is 0.908. The number of hydrogen-bond donors (Lipinski definition) is 2. The van der Waals surface area contributed by atoms with Crippen molar-refractivity contribution in [3.05, 3.63) is 0 Å². The normalized spacial score (nSPS) is 22.7. The van der Waals surface area contributed by atoms with Gasteiger partial charge in [-0.15, -0.1) is 0 Å². The first-order valence-electron chi connectivity index (χ1n) is 7.05. The molecule has 1 aliphatic rings. The molecular weight excluding hydrogens is 228 g/mol. The van der Waals surface area contributed by atoms with Gasteiger partial charge in [-0.2, -0.15) is 0 Å². The first-order valence-corrected chi connectivity index (χ1v) is 7.05. The summed E-state index contributed by atoms with van der Waals surface area (Å²) >= 11 is 0. The summed E-state index contributed by atoms with van der Waals surface area (Å²) in [5.41, 5.74) is -0.831. The van der Waals surface area contributed by atoms with Crippen LogP contribution in [0.3, 0.4) is 0 Å². The number of aliphatic carboxylic acids is 1. The summed E-state index contributed by atoms with van der Waals surface area (Å²) in [4.78, 5) is 13.7. The van der Waals surface area contributed by atoms with Crippen LogP contribution < -0.4 is 5.32 Å². The molecule has 18 heavy (non-hydrogen) atoms. The van der Waals surface area contributed by atoms with E-state index in [2.05, 4.69) is 24.2 Å². The van der Waals surface area contributed by atoms with Crippen LogP contribution in [0.25, 0.3) is 0 Å². The molecule has 2 unspecified atom stereocenters. The van der Waals surface area contributed by atoms with Crippen LogP contribution in [0.1, 0.15) is 52.4 Å². The quantitative estimate of drug-likeness (QED) is 0.764. The van der Waals surface area contributed by atoms with E-state index in [-0.39, 0.29) is 6.04 Å². The van der Waals surface area contributed by atoms with E-state index < -0.39 is 11.5 Å². The molecule has 106 valence electrons. The Balaban J connectivity index is 2.57. The molecule has 0 aromatic carbocycles. The van der Waals surface area contributed by atoms with Crippen LogP contribution in [0.4, 0.5) is 0 Å². The number of carboxylic acids is 1. The van der Waals surface area contributed by atoms with E-state index in [0.717, 1.165) is 0 Å². The Labute approximate surface area is 111 Å². The van der Waals surface area contributed by atoms with E-state index in [4.69, 9.17) is 0 Å². The van der Waals surface area contributed by atoms with Crippen LogP contribution in [0.15, 0.2) is 0 Å². The first kappa shape index (κ1) is 15.4. The SMILES string of the molecule is CNC(C)(CC(C)N(C)C1CCCCC1)C(=O)O. The molecule has 0 saturated heterocycles. The number of carboxylic acid groups (broad SMARTS) is 1. The van der Waals surface area contributed by atoms with Crippen LogP contribution in [0.5, 0.6) is 0 Å². The average Bonchev–Trinajstić information content (AvgIpc) is 2.38. The minimum atomic E-state index is -0.831. The van der Waals surface area contributed by atoms with Gasteiger partial charge in [-0.25, -0.2) is 0 Å². The lowest BCUT2D eigenvalue weighted by atomic mass is 9.89. The van der Waals surface area contributed by atoms with Crippen LogP contribution in [0, 0.1) is 0 Å². The van der Waals surface area contributed by atoms with E-state index in [1.165, 1.54) is 32.1 Å². The summed E-state index contributed by atoms with van der Waals surface area (Å²) in [6.07, 6.45) is 7.11. The summed E-state index contributed by atoms with van der Waals surface area (Å²) in [5.74, 6) is -0.770. The number of nitrogens with one attached hydrogen (secondary N) is 1. The molecule has 4 heteroatoms. The second-order valence-corrected chi connectivity index (χ2v) is 5.90. The molecular formula is C14H28N2O2. The van der Waals surface area contributed by atoms with Crippen molar-refractivity contribution in [2.75, 3.05) is 14.1 Å². The molecule has 0 amide bonds. The third kappa shape index (κ3) is 3.69. The molecule has 0 aromatic heterocycles. The van der Waals surface area contributed by atoms with E-state index in [0.29, 0.717) is 12.5 Å². The third-order valence-electron chi connectivity index (χ3n) is 4.57. The number of carbonyl (C=O) groups is 1. The van der Waals surface area contributed by atoms with Crippen LogP contribution >= 0.6 is 0 Å².